The van der Waals surface area contributed by atoms with E-state index < -0.39 is 5.97 Å². The van der Waals surface area contributed by atoms with Crippen LogP contribution in [0.25, 0.3) is 28.1 Å². The molecule has 0 fully saturated rings. The number of H-pyrrole nitrogens is 1. The minimum atomic E-state index is -0.701. The highest BCUT2D eigenvalue weighted by atomic mass is 79.9. The SMILES string of the molecule is COC(=O)/C(=C(/O)CSc1nnc(-c2cccc(Br)c2)o1)c1nc2ccccc2[nH]1. The van der Waals surface area contributed by atoms with Crippen LogP contribution in [0.4, 0.5) is 0 Å². The normalized spacial score (nSPS) is 12.1. The number of thioether (sulfide) groups is 1. The molecule has 0 saturated carbocycles. The highest BCUT2D eigenvalue weighted by molar-refractivity contribution is 9.10. The van der Waals surface area contributed by atoms with Gasteiger partial charge in [0, 0.05) is 10.0 Å². The summed E-state index contributed by atoms with van der Waals surface area (Å²) in [7, 11) is 1.24. The largest absolute Gasteiger partial charge is 0.510 e. The Labute approximate surface area is 183 Å². The van der Waals surface area contributed by atoms with Crippen LogP contribution in [-0.4, -0.2) is 44.1 Å². The van der Waals surface area contributed by atoms with Gasteiger partial charge in [0.15, 0.2) is 0 Å². The van der Waals surface area contributed by atoms with Crippen LogP contribution < -0.4 is 0 Å². The molecular formula is C20H15BrN4O4S. The van der Waals surface area contributed by atoms with Crippen LogP contribution in [0.3, 0.4) is 0 Å². The first-order valence-electron chi connectivity index (χ1n) is 8.73. The van der Waals surface area contributed by atoms with E-state index in [2.05, 4.69) is 36.1 Å². The molecular weight excluding hydrogens is 472 g/mol. The number of esters is 1. The first-order chi connectivity index (χ1) is 14.5. The van der Waals surface area contributed by atoms with Gasteiger partial charge >= 0.3 is 5.97 Å². The van der Waals surface area contributed by atoms with Gasteiger partial charge in [-0.15, -0.1) is 10.2 Å². The van der Waals surface area contributed by atoms with Crippen LogP contribution in [0.1, 0.15) is 5.82 Å². The summed E-state index contributed by atoms with van der Waals surface area (Å²) >= 11 is 4.50. The van der Waals surface area contributed by atoms with Gasteiger partial charge in [0.05, 0.1) is 23.9 Å². The van der Waals surface area contributed by atoms with Crippen LogP contribution in [0, 0.1) is 0 Å². The zero-order chi connectivity index (χ0) is 21.1. The number of ether oxygens (including phenoxy) is 1. The number of hydrogen-bond donors (Lipinski definition) is 2. The van der Waals surface area contributed by atoms with Gasteiger partial charge in [-0.25, -0.2) is 9.78 Å². The number of nitrogens with zero attached hydrogens (tertiary/aromatic N) is 3. The molecule has 8 nitrogen and oxygen atoms in total. The van der Waals surface area contributed by atoms with E-state index in [1.807, 2.05) is 42.5 Å². The minimum absolute atomic E-state index is 0.0155. The Morgan fingerprint density at radius 3 is 2.83 bits per heavy atom. The van der Waals surface area contributed by atoms with E-state index in [0.29, 0.717) is 11.4 Å². The third kappa shape index (κ3) is 4.24. The predicted molar refractivity (Wildman–Crippen MR) is 116 cm³/mol. The van der Waals surface area contributed by atoms with Gasteiger partial charge in [0.25, 0.3) is 5.22 Å². The number of carbonyl (C=O) groups is 1. The lowest BCUT2D eigenvalue weighted by Gasteiger charge is -2.06. The lowest BCUT2D eigenvalue weighted by Crippen LogP contribution is -2.09. The Kier molecular flexibility index (Phi) is 5.86. The van der Waals surface area contributed by atoms with Crippen molar-refractivity contribution in [3.63, 3.8) is 0 Å². The second kappa shape index (κ2) is 8.72. The molecule has 152 valence electrons. The van der Waals surface area contributed by atoms with Gasteiger partial charge in [0.2, 0.25) is 5.89 Å². The van der Waals surface area contributed by atoms with Crippen molar-refractivity contribution in [3.05, 3.63) is 64.6 Å². The molecule has 10 heteroatoms. The monoisotopic (exact) mass is 486 g/mol. The number of halogens is 1. The molecule has 2 aromatic carbocycles. The zero-order valence-corrected chi connectivity index (χ0v) is 18.0. The topological polar surface area (TPSA) is 114 Å². The number of hydrogen-bond acceptors (Lipinski definition) is 8. The molecule has 0 atom stereocenters. The zero-order valence-electron chi connectivity index (χ0n) is 15.6. The Morgan fingerprint density at radius 2 is 2.07 bits per heavy atom. The average Bonchev–Trinajstić information content (AvgIpc) is 3.39. The second-order valence-corrected chi connectivity index (χ2v) is 7.93. The summed E-state index contributed by atoms with van der Waals surface area (Å²) in [6.45, 7) is 0. The van der Waals surface area contributed by atoms with E-state index in [0.717, 1.165) is 27.3 Å². The van der Waals surface area contributed by atoms with Gasteiger partial charge in [-0.05, 0) is 30.3 Å². The first-order valence-corrected chi connectivity index (χ1v) is 10.5. The molecule has 4 rings (SSSR count). The van der Waals surface area contributed by atoms with Crippen LogP contribution >= 0.6 is 27.7 Å². The third-order valence-corrected chi connectivity index (χ3v) is 5.44. The second-order valence-electron chi connectivity index (χ2n) is 6.09. The summed E-state index contributed by atoms with van der Waals surface area (Å²) in [5.74, 6) is -0.323. The van der Waals surface area contributed by atoms with Gasteiger partial charge in [0.1, 0.15) is 17.2 Å². The summed E-state index contributed by atoms with van der Waals surface area (Å²) < 4.78 is 11.4. The number of aromatic nitrogens is 4. The molecule has 30 heavy (non-hydrogen) atoms. The fourth-order valence-corrected chi connectivity index (χ4v) is 3.77. The molecule has 0 aliphatic rings. The van der Waals surface area contributed by atoms with E-state index in [1.54, 1.807) is 6.07 Å². The Morgan fingerprint density at radius 1 is 1.23 bits per heavy atom. The van der Waals surface area contributed by atoms with Crippen molar-refractivity contribution in [3.8, 4) is 11.5 Å². The van der Waals surface area contributed by atoms with E-state index in [9.17, 15) is 9.90 Å². The highest BCUT2D eigenvalue weighted by Crippen LogP contribution is 2.28. The summed E-state index contributed by atoms with van der Waals surface area (Å²) in [5, 5.41) is 18.9. The molecule has 2 aromatic heterocycles. The molecule has 0 saturated heterocycles. The van der Waals surface area contributed by atoms with Crippen molar-refractivity contribution >= 4 is 50.3 Å². The predicted octanol–water partition coefficient (Wildman–Crippen LogP) is 4.61. The summed E-state index contributed by atoms with van der Waals surface area (Å²) in [6, 6.07) is 14.8. The van der Waals surface area contributed by atoms with Gasteiger partial charge in [-0.2, -0.15) is 0 Å². The molecule has 2 heterocycles. The fourth-order valence-electron chi connectivity index (χ4n) is 2.73. The standard InChI is InChI=1S/C20H15BrN4O4S/c1-28-19(27)16(17-22-13-7-2-3-8-14(13)23-17)15(26)10-30-20-25-24-18(29-20)11-5-4-6-12(21)9-11/h2-9,26H,10H2,1H3,(H,22,23)/b16-15+. The first kappa shape index (κ1) is 20.2. The summed E-state index contributed by atoms with van der Waals surface area (Å²) in [5.41, 5.74) is 2.13. The van der Waals surface area contributed by atoms with Gasteiger partial charge in [-0.1, -0.05) is 45.9 Å². The number of aliphatic hydroxyl groups excluding tert-OH is 1. The highest BCUT2D eigenvalue weighted by Gasteiger charge is 2.23. The van der Waals surface area contributed by atoms with Gasteiger partial charge in [-0.3, -0.25) is 0 Å². The number of rotatable bonds is 6. The molecule has 0 amide bonds. The minimum Gasteiger partial charge on any atom is -0.510 e. The van der Waals surface area contributed by atoms with E-state index in [4.69, 9.17) is 9.15 Å². The molecule has 2 N–H and O–H groups in total. The number of imidazole rings is 1. The molecule has 0 aliphatic heterocycles. The number of nitrogens with one attached hydrogen (secondary N) is 1. The quantitative estimate of drug-likeness (QED) is 0.175. The number of aliphatic hydroxyl groups is 1. The van der Waals surface area contributed by atoms with Crippen molar-refractivity contribution in [1.29, 1.82) is 0 Å². The van der Waals surface area contributed by atoms with Crippen LogP contribution in [0.15, 0.2) is 68.4 Å². The van der Waals surface area contributed by atoms with Crippen molar-refractivity contribution in [2.24, 2.45) is 0 Å². The van der Waals surface area contributed by atoms with Crippen molar-refractivity contribution in [1.82, 2.24) is 20.2 Å². The van der Waals surface area contributed by atoms with E-state index >= 15 is 0 Å². The third-order valence-electron chi connectivity index (χ3n) is 4.11. The van der Waals surface area contributed by atoms with Crippen molar-refractivity contribution < 1.29 is 19.1 Å². The van der Waals surface area contributed by atoms with Crippen LogP contribution in [-0.2, 0) is 9.53 Å². The van der Waals surface area contributed by atoms with Crippen molar-refractivity contribution in [2.45, 2.75) is 5.22 Å². The maximum atomic E-state index is 12.3. The smallest absolute Gasteiger partial charge is 0.345 e. The summed E-state index contributed by atoms with van der Waals surface area (Å²) in [4.78, 5) is 19.7. The number of carbonyl (C=O) groups excluding carboxylic acids is 1. The number of fused-ring (bicyclic) bond motifs is 1. The average molecular weight is 487 g/mol. The lowest BCUT2D eigenvalue weighted by atomic mass is 10.2. The number of para-hydroxylation sites is 2. The van der Waals surface area contributed by atoms with E-state index in [-0.39, 0.29) is 28.1 Å². The Balaban J connectivity index is 1.57. The molecule has 0 unspecified atom stereocenters. The molecule has 0 aliphatic carbocycles. The van der Waals surface area contributed by atoms with Crippen molar-refractivity contribution in [2.75, 3.05) is 12.9 Å². The van der Waals surface area contributed by atoms with Gasteiger partial charge < -0.3 is 19.2 Å². The Bertz CT molecular complexity index is 1220. The van der Waals surface area contributed by atoms with Crippen LogP contribution in [0.5, 0.6) is 0 Å². The summed E-state index contributed by atoms with van der Waals surface area (Å²) in [6.07, 6.45) is 0. The Hall–Kier alpha value is -3.11. The molecule has 0 radical (unpaired) electrons. The lowest BCUT2D eigenvalue weighted by molar-refractivity contribution is -0.133. The number of benzene rings is 2. The fraction of sp³-hybridized carbons (Fsp3) is 0.100. The van der Waals surface area contributed by atoms with E-state index in [1.165, 1.54) is 7.11 Å². The number of methoxy groups -OCH3 is 1. The number of aromatic amines is 1. The molecule has 0 bridgehead atoms. The molecule has 0 spiro atoms. The maximum absolute atomic E-state index is 12.3. The molecule has 4 aromatic rings. The van der Waals surface area contributed by atoms with Crippen LogP contribution in [0.2, 0.25) is 0 Å². The maximum Gasteiger partial charge on any atom is 0.345 e.